The number of aromatic nitrogens is 2. The fraction of sp³-hybridized carbons (Fsp3) is 0.450. The van der Waals surface area contributed by atoms with Crippen LogP contribution in [0, 0.1) is 6.92 Å². The minimum absolute atomic E-state index is 0.0344. The van der Waals surface area contributed by atoms with Gasteiger partial charge in [0.1, 0.15) is 6.33 Å². The molecule has 2 heterocycles. The summed E-state index contributed by atoms with van der Waals surface area (Å²) in [5.41, 5.74) is 3.14. The summed E-state index contributed by atoms with van der Waals surface area (Å²) in [5, 5.41) is 8.95. The molecule has 1 fully saturated rings. The van der Waals surface area contributed by atoms with Gasteiger partial charge in [-0.25, -0.2) is 9.97 Å². The van der Waals surface area contributed by atoms with Crippen LogP contribution in [-0.2, 0) is 0 Å². The maximum atomic E-state index is 12.9. The molecule has 0 radical (unpaired) electrons. The second-order valence-electron chi connectivity index (χ2n) is 6.64. The molecular weight excluding hydrogens is 344 g/mol. The summed E-state index contributed by atoms with van der Waals surface area (Å²) in [6, 6.07) is 7.55. The van der Waals surface area contributed by atoms with Crippen molar-refractivity contribution in [3.8, 4) is 17.0 Å². The van der Waals surface area contributed by atoms with Crippen LogP contribution in [-0.4, -0.2) is 77.2 Å². The number of hydrogen-bond donors (Lipinski definition) is 1. The van der Waals surface area contributed by atoms with E-state index in [4.69, 9.17) is 9.84 Å². The van der Waals surface area contributed by atoms with Crippen LogP contribution in [0.3, 0.4) is 0 Å². The van der Waals surface area contributed by atoms with Crippen LogP contribution in [0.5, 0.6) is 5.88 Å². The molecule has 7 nitrogen and oxygen atoms in total. The zero-order valence-electron chi connectivity index (χ0n) is 15.9. The molecule has 1 saturated heterocycles. The lowest BCUT2D eigenvalue weighted by atomic mass is 10.0. The molecule has 1 aromatic heterocycles. The molecule has 0 bridgehead atoms. The maximum Gasteiger partial charge on any atom is 0.253 e. The first-order valence-corrected chi connectivity index (χ1v) is 9.22. The number of nitrogens with zero attached hydrogens (tertiary/aromatic N) is 4. The predicted octanol–water partition coefficient (Wildman–Crippen LogP) is 1.60. The predicted molar refractivity (Wildman–Crippen MR) is 103 cm³/mol. The number of methoxy groups -OCH3 is 1. The summed E-state index contributed by atoms with van der Waals surface area (Å²) in [6.07, 6.45) is 2.25. The summed E-state index contributed by atoms with van der Waals surface area (Å²) < 4.78 is 5.37. The molecular formula is C20H26N4O3. The number of carbonyl (C=O) groups is 1. The standard InChI is InChI=1S/C20H26N4O3/c1-15-18(19(27-2)22-14-21-15)16-5-3-6-17(13-16)20(26)24-10-8-23(9-11-24)7-4-12-25/h3,5-6,13-14,25H,4,7-12H2,1-2H3. The Morgan fingerprint density at radius 3 is 2.70 bits per heavy atom. The van der Waals surface area contributed by atoms with Gasteiger partial charge in [-0.15, -0.1) is 0 Å². The van der Waals surface area contributed by atoms with Crippen molar-refractivity contribution in [1.29, 1.82) is 0 Å². The second kappa shape index (κ2) is 8.92. The number of aliphatic hydroxyl groups is 1. The summed E-state index contributed by atoms with van der Waals surface area (Å²) in [5.74, 6) is 0.539. The van der Waals surface area contributed by atoms with Crippen molar-refractivity contribution in [3.63, 3.8) is 0 Å². The molecule has 144 valence electrons. The molecule has 0 unspecified atom stereocenters. The van der Waals surface area contributed by atoms with Gasteiger partial charge >= 0.3 is 0 Å². The van der Waals surface area contributed by atoms with Gasteiger partial charge in [-0.05, 0) is 31.0 Å². The fourth-order valence-electron chi connectivity index (χ4n) is 3.40. The van der Waals surface area contributed by atoms with Crippen LogP contribution >= 0.6 is 0 Å². The van der Waals surface area contributed by atoms with E-state index in [1.165, 1.54) is 6.33 Å². The zero-order chi connectivity index (χ0) is 19.2. The SMILES string of the molecule is COc1ncnc(C)c1-c1cccc(C(=O)N2CCN(CCCO)CC2)c1. The van der Waals surface area contributed by atoms with E-state index >= 15 is 0 Å². The average Bonchev–Trinajstić information content (AvgIpc) is 2.72. The first kappa shape index (κ1) is 19.3. The van der Waals surface area contributed by atoms with E-state index in [-0.39, 0.29) is 12.5 Å². The highest BCUT2D eigenvalue weighted by Gasteiger charge is 2.22. The third-order valence-electron chi connectivity index (χ3n) is 4.89. The molecule has 0 spiro atoms. The second-order valence-corrected chi connectivity index (χ2v) is 6.64. The van der Waals surface area contributed by atoms with E-state index in [2.05, 4.69) is 14.9 Å². The molecule has 1 amide bonds. The van der Waals surface area contributed by atoms with Crippen molar-refractivity contribution >= 4 is 5.91 Å². The van der Waals surface area contributed by atoms with E-state index in [1.807, 2.05) is 36.1 Å². The van der Waals surface area contributed by atoms with E-state index in [9.17, 15) is 4.79 Å². The van der Waals surface area contributed by atoms with Crippen LogP contribution in [0.2, 0.25) is 0 Å². The molecule has 0 atom stereocenters. The number of piperazine rings is 1. The Hall–Kier alpha value is -2.51. The maximum absolute atomic E-state index is 12.9. The Labute approximate surface area is 159 Å². The van der Waals surface area contributed by atoms with Crippen LogP contribution < -0.4 is 4.74 Å². The lowest BCUT2D eigenvalue weighted by Crippen LogP contribution is -2.48. The number of hydrogen-bond acceptors (Lipinski definition) is 6. The Bertz CT molecular complexity index is 789. The minimum atomic E-state index is 0.0344. The van der Waals surface area contributed by atoms with Gasteiger partial charge in [0.2, 0.25) is 5.88 Å². The van der Waals surface area contributed by atoms with Crippen molar-refractivity contribution in [2.45, 2.75) is 13.3 Å². The Morgan fingerprint density at radius 2 is 2.00 bits per heavy atom. The van der Waals surface area contributed by atoms with Gasteiger partial charge in [-0.3, -0.25) is 9.69 Å². The number of aliphatic hydroxyl groups excluding tert-OH is 1. The lowest BCUT2D eigenvalue weighted by Gasteiger charge is -2.34. The molecule has 1 aliphatic rings. The van der Waals surface area contributed by atoms with E-state index in [0.717, 1.165) is 42.9 Å². The van der Waals surface area contributed by atoms with Crippen molar-refractivity contribution in [2.75, 3.05) is 46.4 Å². The smallest absolute Gasteiger partial charge is 0.253 e. The topological polar surface area (TPSA) is 78.8 Å². The van der Waals surface area contributed by atoms with Crippen LogP contribution in [0.4, 0.5) is 0 Å². The Kier molecular flexibility index (Phi) is 6.36. The highest BCUT2D eigenvalue weighted by atomic mass is 16.5. The van der Waals surface area contributed by atoms with Crippen molar-refractivity contribution in [3.05, 3.63) is 41.9 Å². The molecule has 0 aliphatic carbocycles. The van der Waals surface area contributed by atoms with Crippen LogP contribution in [0.25, 0.3) is 11.1 Å². The van der Waals surface area contributed by atoms with Crippen molar-refractivity contribution < 1.29 is 14.6 Å². The number of carbonyl (C=O) groups excluding carboxylic acids is 1. The monoisotopic (exact) mass is 370 g/mol. The molecule has 1 aromatic carbocycles. The first-order valence-electron chi connectivity index (χ1n) is 9.22. The van der Waals surface area contributed by atoms with Crippen LogP contribution in [0.1, 0.15) is 22.5 Å². The average molecular weight is 370 g/mol. The Morgan fingerprint density at radius 1 is 1.22 bits per heavy atom. The van der Waals surface area contributed by atoms with E-state index < -0.39 is 0 Å². The van der Waals surface area contributed by atoms with Gasteiger partial charge < -0.3 is 14.7 Å². The third-order valence-corrected chi connectivity index (χ3v) is 4.89. The Balaban J connectivity index is 1.76. The number of amides is 1. The fourth-order valence-corrected chi connectivity index (χ4v) is 3.40. The van der Waals surface area contributed by atoms with Gasteiger partial charge in [0.25, 0.3) is 5.91 Å². The largest absolute Gasteiger partial charge is 0.480 e. The van der Waals surface area contributed by atoms with Gasteiger partial charge in [0, 0.05) is 44.9 Å². The third kappa shape index (κ3) is 4.43. The molecule has 27 heavy (non-hydrogen) atoms. The lowest BCUT2D eigenvalue weighted by molar-refractivity contribution is 0.0629. The summed E-state index contributed by atoms with van der Waals surface area (Å²) >= 11 is 0. The molecule has 3 rings (SSSR count). The summed E-state index contributed by atoms with van der Waals surface area (Å²) in [7, 11) is 1.58. The zero-order valence-corrected chi connectivity index (χ0v) is 15.9. The summed E-state index contributed by atoms with van der Waals surface area (Å²) in [4.78, 5) is 25.6. The number of rotatable bonds is 6. The number of ether oxygens (including phenoxy) is 1. The van der Waals surface area contributed by atoms with Crippen molar-refractivity contribution in [2.24, 2.45) is 0 Å². The normalized spacial score (nSPS) is 15.0. The summed E-state index contributed by atoms with van der Waals surface area (Å²) in [6.45, 7) is 6.06. The van der Waals surface area contributed by atoms with Crippen molar-refractivity contribution in [1.82, 2.24) is 19.8 Å². The van der Waals surface area contributed by atoms with E-state index in [0.29, 0.717) is 24.5 Å². The minimum Gasteiger partial charge on any atom is -0.480 e. The molecule has 0 saturated carbocycles. The molecule has 1 aliphatic heterocycles. The number of benzene rings is 1. The highest BCUT2D eigenvalue weighted by molar-refractivity contribution is 5.95. The highest BCUT2D eigenvalue weighted by Crippen LogP contribution is 2.30. The van der Waals surface area contributed by atoms with Gasteiger partial charge in [0.05, 0.1) is 18.4 Å². The first-order chi connectivity index (χ1) is 13.1. The van der Waals surface area contributed by atoms with Gasteiger partial charge in [-0.2, -0.15) is 0 Å². The van der Waals surface area contributed by atoms with Gasteiger partial charge in [0.15, 0.2) is 0 Å². The molecule has 1 N–H and O–H groups in total. The molecule has 7 heteroatoms. The van der Waals surface area contributed by atoms with Crippen LogP contribution in [0.15, 0.2) is 30.6 Å². The quantitative estimate of drug-likeness (QED) is 0.832. The number of aryl methyl sites for hydroxylation is 1. The van der Waals surface area contributed by atoms with E-state index in [1.54, 1.807) is 7.11 Å². The molecule has 2 aromatic rings. The van der Waals surface area contributed by atoms with Gasteiger partial charge in [-0.1, -0.05) is 12.1 Å².